The topological polar surface area (TPSA) is 102 Å². The van der Waals surface area contributed by atoms with E-state index < -0.39 is 11.0 Å². The van der Waals surface area contributed by atoms with E-state index >= 15 is 0 Å². The number of benzene rings is 2. The van der Waals surface area contributed by atoms with Crippen LogP contribution in [-0.4, -0.2) is 40.8 Å². The van der Waals surface area contributed by atoms with Gasteiger partial charge in [0.05, 0.1) is 4.92 Å². The number of carbonyl (C=O) groups is 2. The van der Waals surface area contributed by atoms with Crippen LogP contribution in [0.25, 0.3) is 0 Å². The number of hydrogen-bond donors (Lipinski definition) is 1. The zero-order valence-electron chi connectivity index (χ0n) is 15.1. The highest BCUT2D eigenvalue weighted by atomic mass is 35.5. The van der Waals surface area contributed by atoms with E-state index in [-0.39, 0.29) is 28.3 Å². The molecule has 0 spiro atoms. The molecular weight excluding hydrogens is 386 g/mol. The number of hydrogen-bond acceptors (Lipinski definition) is 5. The van der Waals surface area contributed by atoms with Crippen molar-refractivity contribution in [2.24, 2.45) is 0 Å². The standard InChI is InChI=1S/C19H18ClN3O5/c1-2-15-18(24)21-9-10-22(15)19(25)12-3-6-14(7-4-12)28-17-8-5-13(20)11-16(17)23(26)27/h3-8,11,15H,2,9-10H2,1H3,(H,21,24). The number of ether oxygens (including phenoxy) is 1. The van der Waals surface area contributed by atoms with Gasteiger partial charge in [-0.1, -0.05) is 18.5 Å². The Balaban J connectivity index is 1.78. The molecule has 2 amide bonds. The van der Waals surface area contributed by atoms with Crippen LogP contribution in [0.4, 0.5) is 5.69 Å². The van der Waals surface area contributed by atoms with Crippen molar-refractivity contribution in [2.75, 3.05) is 13.1 Å². The van der Waals surface area contributed by atoms with Gasteiger partial charge in [-0.15, -0.1) is 0 Å². The minimum Gasteiger partial charge on any atom is -0.450 e. The van der Waals surface area contributed by atoms with Crippen LogP contribution >= 0.6 is 11.6 Å². The van der Waals surface area contributed by atoms with Gasteiger partial charge < -0.3 is 15.0 Å². The van der Waals surface area contributed by atoms with Gasteiger partial charge in [-0.2, -0.15) is 0 Å². The molecule has 1 unspecified atom stereocenters. The van der Waals surface area contributed by atoms with E-state index in [2.05, 4.69) is 5.32 Å². The normalized spacial score (nSPS) is 16.4. The minimum atomic E-state index is -0.578. The fourth-order valence-electron chi connectivity index (χ4n) is 3.04. The third-order valence-electron chi connectivity index (χ3n) is 4.43. The highest BCUT2D eigenvalue weighted by Crippen LogP contribution is 2.33. The van der Waals surface area contributed by atoms with Crippen LogP contribution in [0, 0.1) is 10.1 Å². The van der Waals surface area contributed by atoms with E-state index in [9.17, 15) is 19.7 Å². The summed E-state index contributed by atoms with van der Waals surface area (Å²) in [5.74, 6) is -0.0135. The molecule has 1 atom stereocenters. The maximum atomic E-state index is 12.8. The van der Waals surface area contributed by atoms with Gasteiger partial charge in [0.1, 0.15) is 11.8 Å². The average molecular weight is 404 g/mol. The molecule has 3 rings (SSSR count). The Kier molecular flexibility index (Phi) is 5.79. The lowest BCUT2D eigenvalue weighted by molar-refractivity contribution is -0.385. The molecule has 1 N–H and O–H groups in total. The molecule has 0 radical (unpaired) electrons. The average Bonchev–Trinajstić information content (AvgIpc) is 2.69. The van der Waals surface area contributed by atoms with Gasteiger partial charge in [0.15, 0.2) is 0 Å². The second-order valence-electron chi connectivity index (χ2n) is 6.21. The molecule has 1 fully saturated rings. The molecule has 0 aliphatic carbocycles. The zero-order valence-corrected chi connectivity index (χ0v) is 15.8. The molecule has 2 aromatic rings. The van der Waals surface area contributed by atoms with E-state index in [1.807, 2.05) is 6.92 Å². The van der Waals surface area contributed by atoms with E-state index in [4.69, 9.17) is 16.3 Å². The molecular formula is C19H18ClN3O5. The molecule has 1 heterocycles. The van der Waals surface area contributed by atoms with Crippen molar-refractivity contribution in [1.29, 1.82) is 0 Å². The molecule has 1 aliphatic heterocycles. The first kappa shape index (κ1) is 19.6. The van der Waals surface area contributed by atoms with E-state index in [1.165, 1.54) is 18.2 Å². The van der Waals surface area contributed by atoms with Gasteiger partial charge in [-0.05, 0) is 42.8 Å². The summed E-state index contributed by atoms with van der Waals surface area (Å²) in [4.78, 5) is 36.8. The van der Waals surface area contributed by atoms with E-state index in [0.29, 0.717) is 30.8 Å². The summed E-state index contributed by atoms with van der Waals surface area (Å²) >= 11 is 5.80. The summed E-state index contributed by atoms with van der Waals surface area (Å²) < 4.78 is 5.58. The lowest BCUT2D eigenvalue weighted by Gasteiger charge is -2.34. The van der Waals surface area contributed by atoms with Crippen LogP contribution in [0.1, 0.15) is 23.7 Å². The number of carbonyl (C=O) groups excluding carboxylic acids is 2. The molecule has 0 aromatic heterocycles. The molecule has 9 heteroatoms. The number of nitro groups is 1. The van der Waals surface area contributed by atoms with E-state index in [0.717, 1.165) is 0 Å². The first-order valence-electron chi connectivity index (χ1n) is 8.71. The van der Waals surface area contributed by atoms with Crippen LogP contribution in [0.2, 0.25) is 5.02 Å². The molecule has 0 saturated carbocycles. The summed E-state index contributed by atoms with van der Waals surface area (Å²) in [6, 6.07) is 9.87. The number of amides is 2. The Morgan fingerprint density at radius 1 is 1.32 bits per heavy atom. The highest BCUT2D eigenvalue weighted by molar-refractivity contribution is 6.30. The molecule has 8 nitrogen and oxygen atoms in total. The highest BCUT2D eigenvalue weighted by Gasteiger charge is 2.32. The van der Waals surface area contributed by atoms with Crippen molar-refractivity contribution in [3.05, 3.63) is 63.2 Å². The SMILES string of the molecule is CCC1C(=O)NCCN1C(=O)c1ccc(Oc2ccc(Cl)cc2[N+](=O)[O-])cc1. The molecule has 28 heavy (non-hydrogen) atoms. The fourth-order valence-corrected chi connectivity index (χ4v) is 3.21. The second-order valence-corrected chi connectivity index (χ2v) is 6.65. The van der Waals surface area contributed by atoms with Gasteiger partial charge >= 0.3 is 5.69 Å². The third kappa shape index (κ3) is 4.07. The Labute approximate surface area is 166 Å². The van der Waals surface area contributed by atoms with Gasteiger partial charge in [-0.3, -0.25) is 19.7 Å². The Morgan fingerprint density at radius 3 is 2.68 bits per heavy atom. The Hall–Kier alpha value is -3.13. The van der Waals surface area contributed by atoms with Gasteiger partial charge in [0.25, 0.3) is 5.91 Å². The number of rotatable bonds is 5. The Morgan fingerprint density at radius 2 is 2.04 bits per heavy atom. The smallest absolute Gasteiger partial charge is 0.313 e. The van der Waals surface area contributed by atoms with Gasteiger partial charge in [-0.25, -0.2) is 0 Å². The number of nitrogens with zero attached hydrogens (tertiary/aromatic N) is 2. The quantitative estimate of drug-likeness (QED) is 0.609. The largest absolute Gasteiger partial charge is 0.450 e. The van der Waals surface area contributed by atoms with Crippen LogP contribution in [0.15, 0.2) is 42.5 Å². The summed E-state index contributed by atoms with van der Waals surface area (Å²) in [6.45, 7) is 2.71. The predicted octanol–water partition coefficient (Wildman–Crippen LogP) is 3.39. The summed E-state index contributed by atoms with van der Waals surface area (Å²) in [6.07, 6.45) is 0.527. The lowest BCUT2D eigenvalue weighted by Crippen LogP contribution is -2.56. The van der Waals surface area contributed by atoms with Crippen LogP contribution in [0.3, 0.4) is 0 Å². The fraction of sp³-hybridized carbons (Fsp3) is 0.263. The van der Waals surface area contributed by atoms with Crippen molar-refractivity contribution in [3.8, 4) is 11.5 Å². The second kappa shape index (κ2) is 8.26. The maximum absolute atomic E-state index is 12.8. The van der Waals surface area contributed by atoms with Crippen molar-refractivity contribution >= 4 is 29.1 Å². The molecule has 1 saturated heterocycles. The maximum Gasteiger partial charge on any atom is 0.313 e. The molecule has 0 bridgehead atoms. The summed E-state index contributed by atoms with van der Waals surface area (Å²) in [5, 5.41) is 14.1. The van der Waals surface area contributed by atoms with Crippen LogP contribution in [0.5, 0.6) is 11.5 Å². The first-order chi connectivity index (χ1) is 13.4. The first-order valence-corrected chi connectivity index (χ1v) is 9.09. The number of halogens is 1. The third-order valence-corrected chi connectivity index (χ3v) is 4.66. The predicted molar refractivity (Wildman–Crippen MR) is 103 cm³/mol. The zero-order chi connectivity index (χ0) is 20.3. The summed E-state index contributed by atoms with van der Waals surface area (Å²) in [7, 11) is 0. The lowest BCUT2D eigenvalue weighted by atomic mass is 10.1. The van der Waals surface area contributed by atoms with Crippen LogP contribution in [-0.2, 0) is 4.79 Å². The Bertz CT molecular complexity index is 916. The van der Waals surface area contributed by atoms with E-state index in [1.54, 1.807) is 29.2 Å². The van der Waals surface area contributed by atoms with Crippen molar-refractivity contribution in [2.45, 2.75) is 19.4 Å². The van der Waals surface area contributed by atoms with Gasteiger partial charge in [0.2, 0.25) is 11.7 Å². The summed E-state index contributed by atoms with van der Waals surface area (Å²) in [5.41, 5.74) is 0.156. The molecule has 1 aliphatic rings. The monoisotopic (exact) mass is 403 g/mol. The van der Waals surface area contributed by atoms with Crippen LogP contribution < -0.4 is 10.1 Å². The number of nitro benzene ring substituents is 1. The molecule has 2 aromatic carbocycles. The minimum absolute atomic E-state index is 0.0484. The van der Waals surface area contributed by atoms with Crippen molar-refractivity contribution in [1.82, 2.24) is 10.2 Å². The van der Waals surface area contributed by atoms with Gasteiger partial charge in [0, 0.05) is 29.7 Å². The number of piperazine rings is 1. The van der Waals surface area contributed by atoms with Crippen molar-refractivity contribution in [3.63, 3.8) is 0 Å². The van der Waals surface area contributed by atoms with Crippen molar-refractivity contribution < 1.29 is 19.2 Å². The number of nitrogens with one attached hydrogen (secondary N) is 1. The molecule has 146 valence electrons.